The van der Waals surface area contributed by atoms with Crippen LogP contribution in [0.25, 0.3) is 0 Å². The molecule has 0 amide bonds. The summed E-state index contributed by atoms with van der Waals surface area (Å²) in [4.78, 5) is 0. The van der Waals surface area contributed by atoms with Gasteiger partial charge in [0.25, 0.3) is 0 Å². The number of nitrogens with zero attached hydrogens (tertiary/aromatic N) is 1. The zero-order valence-electron chi connectivity index (χ0n) is 6.01. The van der Waals surface area contributed by atoms with Crippen molar-refractivity contribution < 1.29 is 13.9 Å². The van der Waals surface area contributed by atoms with Crippen LogP contribution in [0.3, 0.4) is 0 Å². The van der Waals surface area contributed by atoms with Crippen molar-refractivity contribution in [2.24, 2.45) is 0 Å². The Morgan fingerprint density at radius 2 is 2.08 bits per heavy atom. The van der Waals surface area contributed by atoms with E-state index in [1.807, 2.05) is 0 Å². The summed E-state index contributed by atoms with van der Waals surface area (Å²) in [7, 11) is 0. The fraction of sp³-hybridized carbons (Fsp3) is 0.125. The second kappa shape index (κ2) is 3.18. The first-order valence-electron chi connectivity index (χ1n) is 3.19. The Bertz CT molecular complexity index is 344. The van der Waals surface area contributed by atoms with E-state index in [2.05, 4.69) is 0 Å². The van der Waals surface area contributed by atoms with E-state index in [1.165, 1.54) is 6.07 Å². The Hall–Kier alpha value is -1.63. The summed E-state index contributed by atoms with van der Waals surface area (Å²) >= 11 is 0. The van der Waals surface area contributed by atoms with E-state index in [0.29, 0.717) is 0 Å². The Kier molecular flexibility index (Phi) is 2.24. The smallest absolute Gasteiger partial charge is 0.200 e. The monoisotopic (exact) mass is 169 g/mol. The first-order chi connectivity index (χ1) is 5.66. The Morgan fingerprint density at radius 3 is 2.67 bits per heavy atom. The molecule has 1 rings (SSSR count). The van der Waals surface area contributed by atoms with E-state index >= 15 is 0 Å². The predicted molar refractivity (Wildman–Crippen MR) is 37.3 cm³/mol. The molecule has 0 aliphatic carbocycles. The summed E-state index contributed by atoms with van der Waals surface area (Å²) in [5.41, 5.74) is 0.0939. The zero-order chi connectivity index (χ0) is 9.14. The van der Waals surface area contributed by atoms with Gasteiger partial charge in [-0.15, -0.1) is 0 Å². The highest BCUT2D eigenvalue weighted by atomic mass is 19.2. The third-order valence-corrected chi connectivity index (χ3v) is 1.42. The van der Waals surface area contributed by atoms with Crippen LogP contribution in [0.1, 0.15) is 5.56 Å². The van der Waals surface area contributed by atoms with Gasteiger partial charge in [0.15, 0.2) is 11.6 Å². The molecule has 12 heavy (non-hydrogen) atoms. The molecule has 0 unspecified atom stereocenters. The van der Waals surface area contributed by atoms with E-state index in [-0.39, 0.29) is 12.0 Å². The van der Waals surface area contributed by atoms with Crippen molar-refractivity contribution in [1.82, 2.24) is 0 Å². The SMILES string of the molecule is N#CCc1ccc(F)c(F)c1O. The maximum absolute atomic E-state index is 12.6. The van der Waals surface area contributed by atoms with Gasteiger partial charge in [0.1, 0.15) is 0 Å². The maximum atomic E-state index is 12.6. The lowest BCUT2D eigenvalue weighted by Crippen LogP contribution is -1.90. The van der Waals surface area contributed by atoms with Crippen LogP contribution >= 0.6 is 0 Å². The standard InChI is InChI=1S/C8H5F2NO/c9-6-2-1-5(3-4-11)8(12)7(6)10/h1-2,12H,3H2. The van der Waals surface area contributed by atoms with Crippen LogP contribution in [-0.2, 0) is 6.42 Å². The summed E-state index contributed by atoms with van der Waals surface area (Å²) < 4.78 is 25.0. The minimum atomic E-state index is -1.30. The molecule has 0 radical (unpaired) electrons. The molecule has 0 aliphatic rings. The van der Waals surface area contributed by atoms with Gasteiger partial charge in [0, 0.05) is 5.56 Å². The second-order valence-electron chi connectivity index (χ2n) is 2.20. The maximum Gasteiger partial charge on any atom is 0.200 e. The molecular weight excluding hydrogens is 164 g/mol. The summed E-state index contributed by atoms with van der Waals surface area (Å²) in [6.45, 7) is 0. The molecule has 0 heterocycles. The molecule has 0 bridgehead atoms. The molecule has 0 saturated heterocycles. The number of rotatable bonds is 1. The molecule has 0 saturated carbocycles. The third-order valence-electron chi connectivity index (χ3n) is 1.42. The molecule has 0 aliphatic heterocycles. The minimum Gasteiger partial charge on any atom is -0.505 e. The third kappa shape index (κ3) is 1.35. The quantitative estimate of drug-likeness (QED) is 0.695. The van der Waals surface area contributed by atoms with Crippen LogP contribution in [0.4, 0.5) is 8.78 Å². The number of phenols is 1. The number of nitriles is 1. The number of halogens is 2. The zero-order valence-corrected chi connectivity index (χ0v) is 6.01. The highest BCUT2D eigenvalue weighted by Gasteiger charge is 2.11. The lowest BCUT2D eigenvalue weighted by Gasteiger charge is -2.00. The number of phenolic OH excluding ortho intramolecular Hbond substituents is 1. The fourth-order valence-electron chi connectivity index (χ4n) is 0.808. The van der Waals surface area contributed by atoms with Gasteiger partial charge in [0.05, 0.1) is 12.5 Å². The van der Waals surface area contributed by atoms with Gasteiger partial charge in [-0.2, -0.15) is 9.65 Å². The van der Waals surface area contributed by atoms with Gasteiger partial charge >= 0.3 is 0 Å². The van der Waals surface area contributed by atoms with Crippen molar-refractivity contribution in [1.29, 1.82) is 5.26 Å². The minimum absolute atomic E-state index is 0.0939. The van der Waals surface area contributed by atoms with Crippen molar-refractivity contribution in [3.8, 4) is 11.8 Å². The average molecular weight is 169 g/mol. The van der Waals surface area contributed by atoms with Crippen LogP contribution in [0.2, 0.25) is 0 Å². The number of hydrogen-bond acceptors (Lipinski definition) is 2. The van der Waals surface area contributed by atoms with Gasteiger partial charge in [0.2, 0.25) is 5.82 Å². The Morgan fingerprint density at radius 1 is 1.42 bits per heavy atom. The van der Waals surface area contributed by atoms with Crippen LogP contribution in [0.5, 0.6) is 5.75 Å². The first kappa shape index (κ1) is 8.47. The molecule has 1 N–H and O–H groups in total. The molecular formula is C8H5F2NO. The number of hydrogen-bond donors (Lipinski definition) is 1. The van der Waals surface area contributed by atoms with Crippen LogP contribution in [0, 0.1) is 23.0 Å². The highest BCUT2D eigenvalue weighted by molar-refractivity contribution is 5.35. The predicted octanol–water partition coefficient (Wildman–Crippen LogP) is 1.74. The molecule has 0 spiro atoms. The van der Waals surface area contributed by atoms with Gasteiger partial charge in [-0.05, 0) is 6.07 Å². The lowest BCUT2D eigenvalue weighted by molar-refractivity contribution is 0.402. The van der Waals surface area contributed by atoms with Crippen LogP contribution in [-0.4, -0.2) is 5.11 Å². The lowest BCUT2D eigenvalue weighted by atomic mass is 10.1. The number of aromatic hydroxyl groups is 1. The van der Waals surface area contributed by atoms with Crippen molar-refractivity contribution >= 4 is 0 Å². The number of benzene rings is 1. The van der Waals surface area contributed by atoms with Gasteiger partial charge in [-0.3, -0.25) is 0 Å². The van der Waals surface area contributed by atoms with E-state index in [9.17, 15) is 8.78 Å². The van der Waals surface area contributed by atoms with E-state index in [4.69, 9.17) is 10.4 Å². The van der Waals surface area contributed by atoms with E-state index in [1.54, 1.807) is 6.07 Å². The van der Waals surface area contributed by atoms with Gasteiger partial charge in [-0.25, -0.2) is 4.39 Å². The van der Waals surface area contributed by atoms with Crippen LogP contribution in [0.15, 0.2) is 12.1 Å². The Labute approximate surface area is 67.7 Å². The van der Waals surface area contributed by atoms with Gasteiger partial charge < -0.3 is 5.11 Å². The van der Waals surface area contributed by atoms with Gasteiger partial charge in [-0.1, -0.05) is 6.07 Å². The molecule has 0 fully saturated rings. The summed E-state index contributed by atoms with van der Waals surface area (Å²) in [6.07, 6.45) is -0.136. The largest absolute Gasteiger partial charge is 0.505 e. The molecule has 4 heteroatoms. The molecule has 0 atom stereocenters. The van der Waals surface area contributed by atoms with Crippen molar-refractivity contribution in [3.63, 3.8) is 0 Å². The molecule has 1 aromatic rings. The topological polar surface area (TPSA) is 44.0 Å². The molecule has 0 aromatic heterocycles. The normalized spacial score (nSPS) is 9.42. The summed E-state index contributed by atoms with van der Waals surface area (Å²) in [5.74, 6) is -3.20. The average Bonchev–Trinajstić information content (AvgIpc) is 2.07. The van der Waals surface area contributed by atoms with E-state index < -0.39 is 17.4 Å². The Balaban J connectivity index is 3.19. The highest BCUT2D eigenvalue weighted by Crippen LogP contribution is 2.23. The molecule has 1 aromatic carbocycles. The first-order valence-corrected chi connectivity index (χ1v) is 3.19. The fourth-order valence-corrected chi connectivity index (χ4v) is 0.808. The molecule has 62 valence electrons. The van der Waals surface area contributed by atoms with Crippen molar-refractivity contribution in [2.45, 2.75) is 6.42 Å². The summed E-state index contributed by atoms with van der Waals surface area (Å²) in [5, 5.41) is 17.2. The van der Waals surface area contributed by atoms with Crippen molar-refractivity contribution in [3.05, 3.63) is 29.3 Å². The molecule has 2 nitrogen and oxygen atoms in total. The van der Waals surface area contributed by atoms with Crippen molar-refractivity contribution in [2.75, 3.05) is 0 Å². The summed E-state index contributed by atoms with van der Waals surface area (Å²) in [6, 6.07) is 3.78. The second-order valence-corrected chi connectivity index (χ2v) is 2.20. The van der Waals surface area contributed by atoms with E-state index in [0.717, 1.165) is 6.07 Å². The van der Waals surface area contributed by atoms with Crippen LogP contribution < -0.4 is 0 Å².